The van der Waals surface area contributed by atoms with Crippen molar-refractivity contribution in [1.29, 1.82) is 0 Å². The van der Waals surface area contributed by atoms with Gasteiger partial charge in [0.25, 0.3) is 0 Å². The topological polar surface area (TPSA) is 92.4 Å². The summed E-state index contributed by atoms with van der Waals surface area (Å²) >= 11 is 1.39. The van der Waals surface area contributed by atoms with Crippen LogP contribution in [-0.2, 0) is 15.3 Å². The molecule has 0 radical (unpaired) electrons. The largest absolute Gasteiger partial charge is 0.479 e. The van der Waals surface area contributed by atoms with E-state index in [1.165, 1.54) is 11.8 Å². The number of benzene rings is 1. The summed E-state index contributed by atoms with van der Waals surface area (Å²) in [5.74, 6) is 0.0969. The minimum atomic E-state index is -1.08. The number of thioether (sulfide) groups is 1. The van der Waals surface area contributed by atoms with Crippen molar-refractivity contribution in [3.8, 4) is 0 Å². The number of carbonyl (C=O) groups excluding carboxylic acids is 1. The quantitative estimate of drug-likeness (QED) is 0.808. The predicted molar refractivity (Wildman–Crippen MR) is 87.1 cm³/mol. The Bertz CT molecular complexity index is 665. The second-order valence-corrected chi connectivity index (χ2v) is 6.03. The van der Waals surface area contributed by atoms with E-state index < -0.39 is 12.0 Å². The molecule has 6 nitrogen and oxygen atoms in total. The molecular weight excluding hydrogens is 316 g/mol. The summed E-state index contributed by atoms with van der Waals surface area (Å²) in [6.07, 6.45) is 0. The van der Waals surface area contributed by atoms with Crippen molar-refractivity contribution in [3.05, 3.63) is 52.9 Å². The van der Waals surface area contributed by atoms with Gasteiger partial charge in [-0.15, -0.1) is 11.8 Å². The third-order valence-electron chi connectivity index (χ3n) is 3.35. The lowest BCUT2D eigenvalue weighted by Gasteiger charge is -2.14. The second-order valence-electron chi connectivity index (χ2n) is 5.04. The molecule has 0 bridgehead atoms. The highest BCUT2D eigenvalue weighted by atomic mass is 32.2. The number of rotatable bonds is 7. The average Bonchev–Trinajstić information content (AvgIpc) is 2.85. The van der Waals surface area contributed by atoms with Gasteiger partial charge in [0.05, 0.1) is 11.4 Å². The molecule has 0 aliphatic carbocycles. The molecule has 2 aromatic rings. The standard InChI is InChI=1S/C16H18N2O4S/c1-10-13(11(2)22-18-10)8-23-9-14(19)17-15(16(20)21)12-6-4-3-5-7-12/h3-7,15H,8-9H2,1-2H3,(H,17,19)(H,20,21). The smallest absolute Gasteiger partial charge is 0.330 e. The van der Waals surface area contributed by atoms with Crippen LogP contribution in [0.3, 0.4) is 0 Å². The van der Waals surface area contributed by atoms with Crippen molar-refractivity contribution < 1.29 is 19.2 Å². The number of nitrogens with zero attached hydrogens (tertiary/aromatic N) is 1. The summed E-state index contributed by atoms with van der Waals surface area (Å²) in [5.41, 5.74) is 2.33. The van der Waals surface area contributed by atoms with Gasteiger partial charge in [-0.1, -0.05) is 35.5 Å². The molecule has 0 fully saturated rings. The maximum atomic E-state index is 12.0. The zero-order valence-electron chi connectivity index (χ0n) is 12.9. The van der Waals surface area contributed by atoms with Crippen molar-refractivity contribution in [2.24, 2.45) is 0 Å². The molecule has 122 valence electrons. The lowest BCUT2D eigenvalue weighted by molar-refractivity contribution is -0.141. The Labute approximate surface area is 138 Å². The second kappa shape index (κ2) is 7.82. The Morgan fingerprint density at radius 2 is 2.00 bits per heavy atom. The van der Waals surface area contributed by atoms with Gasteiger partial charge in [0, 0.05) is 11.3 Å². The van der Waals surface area contributed by atoms with Gasteiger partial charge in [0.15, 0.2) is 6.04 Å². The molecule has 2 rings (SSSR count). The Balaban J connectivity index is 1.89. The van der Waals surface area contributed by atoms with Gasteiger partial charge in [-0.25, -0.2) is 4.79 Å². The van der Waals surface area contributed by atoms with E-state index in [9.17, 15) is 14.7 Å². The maximum absolute atomic E-state index is 12.0. The summed E-state index contributed by atoms with van der Waals surface area (Å²) in [5, 5.41) is 15.7. The molecule has 1 aromatic heterocycles. The zero-order chi connectivity index (χ0) is 16.8. The van der Waals surface area contributed by atoms with E-state index in [0.717, 1.165) is 17.0 Å². The van der Waals surface area contributed by atoms with E-state index in [1.54, 1.807) is 30.3 Å². The molecule has 0 spiro atoms. The molecule has 0 saturated carbocycles. The molecule has 1 aromatic carbocycles. The summed E-state index contributed by atoms with van der Waals surface area (Å²) in [7, 11) is 0. The first-order valence-corrected chi connectivity index (χ1v) is 8.21. The summed E-state index contributed by atoms with van der Waals surface area (Å²) in [4.78, 5) is 23.3. The number of aryl methyl sites for hydroxylation is 2. The highest BCUT2D eigenvalue weighted by Crippen LogP contribution is 2.19. The van der Waals surface area contributed by atoms with Crippen LogP contribution in [0.2, 0.25) is 0 Å². The zero-order valence-corrected chi connectivity index (χ0v) is 13.7. The van der Waals surface area contributed by atoms with E-state index in [0.29, 0.717) is 11.3 Å². The molecule has 1 atom stereocenters. The van der Waals surface area contributed by atoms with Crippen LogP contribution >= 0.6 is 11.8 Å². The SMILES string of the molecule is Cc1noc(C)c1CSCC(=O)NC(C(=O)O)c1ccccc1. The third kappa shape index (κ3) is 4.59. The predicted octanol–water partition coefficient (Wildman–Crippen LogP) is 2.47. The van der Waals surface area contributed by atoms with E-state index in [-0.39, 0.29) is 11.7 Å². The van der Waals surface area contributed by atoms with Crippen LogP contribution in [-0.4, -0.2) is 27.9 Å². The van der Waals surface area contributed by atoms with Crippen LogP contribution in [0.5, 0.6) is 0 Å². The van der Waals surface area contributed by atoms with E-state index >= 15 is 0 Å². The Kier molecular flexibility index (Phi) is 5.81. The monoisotopic (exact) mass is 334 g/mol. The summed E-state index contributed by atoms with van der Waals surface area (Å²) in [6.45, 7) is 3.67. The summed E-state index contributed by atoms with van der Waals surface area (Å²) < 4.78 is 5.07. The van der Waals surface area contributed by atoms with E-state index in [1.807, 2.05) is 13.8 Å². The van der Waals surface area contributed by atoms with Gasteiger partial charge in [-0.2, -0.15) is 0 Å². The van der Waals surface area contributed by atoms with Crippen LogP contribution in [0.25, 0.3) is 0 Å². The van der Waals surface area contributed by atoms with Crippen LogP contribution in [0.1, 0.15) is 28.6 Å². The van der Waals surface area contributed by atoms with Gasteiger partial charge in [0.1, 0.15) is 5.76 Å². The van der Waals surface area contributed by atoms with Gasteiger partial charge in [-0.3, -0.25) is 4.79 Å². The van der Waals surface area contributed by atoms with E-state index in [2.05, 4.69) is 10.5 Å². The highest BCUT2D eigenvalue weighted by molar-refractivity contribution is 7.99. The Hall–Kier alpha value is -2.28. The van der Waals surface area contributed by atoms with Crippen molar-refractivity contribution in [2.45, 2.75) is 25.6 Å². The molecule has 23 heavy (non-hydrogen) atoms. The normalized spacial score (nSPS) is 11.9. The van der Waals surface area contributed by atoms with Crippen LogP contribution in [0.4, 0.5) is 0 Å². The lowest BCUT2D eigenvalue weighted by atomic mass is 10.1. The molecule has 0 saturated heterocycles. The fourth-order valence-corrected chi connectivity index (χ4v) is 3.08. The van der Waals surface area contributed by atoms with Crippen molar-refractivity contribution in [3.63, 3.8) is 0 Å². The molecule has 0 aliphatic heterocycles. The number of carboxylic acid groups (broad SMARTS) is 1. The number of aromatic nitrogens is 1. The van der Waals surface area contributed by atoms with Gasteiger partial charge in [0.2, 0.25) is 5.91 Å². The fraction of sp³-hybridized carbons (Fsp3) is 0.312. The van der Waals surface area contributed by atoms with Gasteiger partial charge < -0.3 is 14.9 Å². The first kappa shape index (κ1) is 17.1. The van der Waals surface area contributed by atoms with Gasteiger partial charge in [-0.05, 0) is 19.4 Å². The number of carbonyl (C=O) groups is 2. The van der Waals surface area contributed by atoms with Crippen LogP contribution in [0.15, 0.2) is 34.9 Å². The Morgan fingerprint density at radius 3 is 2.57 bits per heavy atom. The van der Waals surface area contributed by atoms with Crippen molar-refractivity contribution >= 4 is 23.6 Å². The molecule has 7 heteroatoms. The van der Waals surface area contributed by atoms with E-state index in [4.69, 9.17) is 4.52 Å². The first-order valence-electron chi connectivity index (χ1n) is 7.05. The number of amides is 1. The van der Waals surface area contributed by atoms with Crippen LogP contribution in [0, 0.1) is 13.8 Å². The third-order valence-corrected chi connectivity index (χ3v) is 4.31. The number of carboxylic acids is 1. The molecule has 2 N–H and O–H groups in total. The first-order chi connectivity index (χ1) is 11.0. The molecule has 1 unspecified atom stereocenters. The molecule has 0 aliphatic rings. The number of hydrogen-bond acceptors (Lipinski definition) is 5. The van der Waals surface area contributed by atoms with Crippen molar-refractivity contribution in [1.82, 2.24) is 10.5 Å². The van der Waals surface area contributed by atoms with Gasteiger partial charge >= 0.3 is 5.97 Å². The number of nitrogens with one attached hydrogen (secondary N) is 1. The molecular formula is C16H18N2O4S. The average molecular weight is 334 g/mol. The highest BCUT2D eigenvalue weighted by Gasteiger charge is 2.21. The summed E-state index contributed by atoms with van der Waals surface area (Å²) in [6, 6.07) is 7.59. The molecule has 1 heterocycles. The minimum absolute atomic E-state index is 0.167. The minimum Gasteiger partial charge on any atom is -0.479 e. The maximum Gasteiger partial charge on any atom is 0.330 e. The Morgan fingerprint density at radius 1 is 1.30 bits per heavy atom. The number of aliphatic carboxylic acids is 1. The fourth-order valence-electron chi connectivity index (χ4n) is 2.09. The molecule has 1 amide bonds. The number of hydrogen-bond donors (Lipinski definition) is 2. The van der Waals surface area contributed by atoms with Crippen molar-refractivity contribution in [2.75, 3.05) is 5.75 Å². The lowest BCUT2D eigenvalue weighted by Crippen LogP contribution is -2.34. The van der Waals surface area contributed by atoms with Crippen LogP contribution < -0.4 is 5.32 Å².